The van der Waals surface area contributed by atoms with Gasteiger partial charge in [-0.3, -0.25) is 0 Å². The summed E-state index contributed by atoms with van der Waals surface area (Å²) < 4.78 is 32.9. The van der Waals surface area contributed by atoms with Crippen LogP contribution in [-0.4, -0.2) is 58.6 Å². The summed E-state index contributed by atoms with van der Waals surface area (Å²) in [5.41, 5.74) is 0.848. The predicted molar refractivity (Wildman–Crippen MR) is 86.0 cm³/mol. The van der Waals surface area contributed by atoms with E-state index >= 15 is 0 Å². The monoisotopic (exact) mass is 325 g/mol. The van der Waals surface area contributed by atoms with E-state index in [9.17, 15) is 8.42 Å². The van der Waals surface area contributed by atoms with Crippen LogP contribution in [0.25, 0.3) is 0 Å². The van der Waals surface area contributed by atoms with Crippen LogP contribution in [0.1, 0.15) is 13.3 Å². The van der Waals surface area contributed by atoms with Crippen LogP contribution in [0.4, 0.5) is 5.69 Å². The molecule has 0 radical (unpaired) electrons. The summed E-state index contributed by atoms with van der Waals surface area (Å²) in [5, 5.41) is 3.17. The highest BCUT2D eigenvalue weighted by atomic mass is 32.2. The molecule has 1 fully saturated rings. The van der Waals surface area contributed by atoms with E-state index < -0.39 is 10.0 Å². The Hall–Kier alpha value is -1.31. The Labute approximate surface area is 132 Å². The molecule has 6 nitrogen and oxygen atoms in total. The molecular weight excluding hydrogens is 302 g/mol. The summed E-state index contributed by atoms with van der Waals surface area (Å²) in [6.07, 6.45) is 1.10. The summed E-state index contributed by atoms with van der Waals surface area (Å²) >= 11 is 0. The van der Waals surface area contributed by atoms with E-state index in [1.807, 2.05) is 7.05 Å². The third-order valence-corrected chi connectivity index (χ3v) is 6.18. The van der Waals surface area contributed by atoms with Gasteiger partial charge in [0.1, 0.15) is 11.9 Å². The van der Waals surface area contributed by atoms with Crippen LogP contribution < -0.4 is 15.0 Å². The lowest BCUT2D eigenvalue weighted by Crippen LogP contribution is -2.46. The first-order valence-corrected chi connectivity index (χ1v) is 9.19. The highest BCUT2D eigenvalue weighted by Gasteiger charge is 2.29. The van der Waals surface area contributed by atoms with Crippen LogP contribution in [0.15, 0.2) is 23.1 Å². The van der Waals surface area contributed by atoms with Crippen molar-refractivity contribution in [3.05, 3.63) is 18.2 Å². The first kappa shape index (κ1) is 15.6. The van der Waals surface area contributed by atoms with Crippen molar-refractivity contribution >= 4 is 15.7 Å². The van der Waals surface area contributed by atoms with E-state index in [1.165, 1.54) is 0 Å². The van der Waals surface area contributed by atoms with E-state index in [2.05, 4.69) is 17.1 Å². The smallest absolute Gasteiger partial charge is 0.243 e. The second-order valence-electron chi connectivity index (χ2n) is 5.81. The highest BCUT2D eigenvalue weighted by Crippen LogP contribution is 2.35. The molecule has 0 saturated carbocycles. The van der Waals surface area contributed by atoms with E-state index in [0.717, 1.165) is 24.4 Å². The van der Waals surface area contributed by atoms with Crippen molar-refractivity contribution in [3.63, 3.8) is 0 Å². The van der Waals surface area contributed by atoms with Gasteiger partial charge in [-0.05, 0) is 24.6 Å². The molecule has 1 unspecified atom stereocenters. The van der Waals surface area contributed by atoms with Gasteiger partial charge in [0, 0.05) is 33.2 Å². The molecule has 122 valence electrons. The van der Waals surface area contributed by atoms with E-state index in [4.69, 9.17) is 4.74 Å². The number of benzene rings is 1. The van der Waals surface area contributed by atoms with Crippen molar-refractivity contribution in [2.45, 2.75) is 24.3 Å². The summed E-state index contributed by atoms with van der Waals surface area (Å²) in [4.78, 5) is 2.42. The molecule has 0 spiro atoms. The summed E-state index contributed by atoms with van der Waals surface area (Å²) in [6.45, 7) is 5.30. The number of piperazine rings is 1. The SMILES string of the molecule is CCC1CN(C)c2cc(S(=O)(=O)N3CCNCC3)ccc2O1. The summed E-state index contributed by atoms with van der Waals surface area (Å²) in [6, 6.07) is 5.17. The minimum atomic E-state index is -3.43. The van der Waals surface area contributed by atoms with Gasteiger partial charge < -0.3 is 15.0 Å². The molecule has 0 aliphatic carbocycles. The first-order chi connectivity index (χ1) is 10.5. The van der Waals surface area contributed by atoms with Crippen molar-refractivity contribution in [2.75, 3.05) is 44.7 Å². The standard InChI is InChI=1S/C15H23N3O3S/c1-3-12-11-17(2)14-10-13(4-5-15(14)21-12)22(19,20)18-8-6-16-7-9-18/h4-5,10,12,16H,3,6-9,11H2,1-2H3. The highest BCUT2D eigenvalue weighted by molar-refractivity contribution is 7.89. The zero-order chi connectivity index (χ0) is 15.7. The fraction of sp³-hybridized carbons (Fsp3) is 0.600. The van der Waals surface area contributed by atoms with Gasteiger partial charge in [0.25, 0.3) is 0 Å². The number of sulfonamides is 1. The molecule has 1 N–H and O–H groups in total. The average molecular weight is 325 g/mol. The molecule has 0 amide bonds. The van der Waals surface area contributed by atoms with Gasteiger partial charge in [0.2, 0.25) is 10.0 Å². The minimum absolute atomic E-state index is 0.160. The number of likely N-dealkylation sites (N-methyl/N-ethyl adjacent to an activating group) is 1. The molecule has 1 saturated heterocycles. The zero-order valence-electron chi connectivity index (χ0n) is 13.1. The van der Waals surface area contributed by atoms with Crippen molar-refractivity contribution < 1.29 is 13.2 Å². The molecule has 2 aliphatic rings. The molecule has 0 aromatic heterocycles. The maximum Gasteiger partial charge on any atom is 0.243 e. The number of ether oxygens (including phenoxy) is 1. The van der Waals surface area contributed by atoms with Gasteiger partial charge in [-0.2, -0.15) is 4.31 Å². The molecule has 1 aromatic rings. The molecule has 2 heterocycles. The Balaban J connectivity index is 1.91. The second-order valence-corrected chi connectivity index (χ2v) is 7.75. The van der Waals surface area contributed by atoms with E-state index in [0.29, 0.717) is 31.1 Å². The Bertz CT molecular complexity index is 641. The number of hydrogen-bond acceptors (Lipinski definition) is 5. The summed E-state index contributed by atoms with van der Waals surface area (Å²) in [5.74, 6) is 0.764. The quantitative estimate of drug-likeness (QED) is 0.894. The number of hydrogen-bond donors (Lipinski definition) is 1. The van der Waals surface area contributed by atoms with Crippen LogP contribution in [0, 0.1) is 0 Å². The molecule has 1 aromatic carbocycles. The van der Waals surface area contributed by atoms with Crippen LogP contribution >= 0.6 is 0 Å². The Morgan fingerprint density at radius 1 is 1.32 bits per heavy atom. The number of fused-ring (bicyclic) bond motifs is 1. The van der Waals surface area contributed by atoms with Crippen LogP contribution in [0.3, 0.4) is 0 Å². The van der Waals surface area contributed by atoms with Crippen LogP contribution in [-0.2, 0) is 10.0 Å². The Morgan fingerprint density at radius 3 is 2.73 bits per heavy atom. The third-order valence-electron chi connectivity index (χ3n) is 4.28. The van der Waals surface area contributed by atoms with Gasteiger partial charge in [0.15, 0.2) is 0 Å². The number of rotatable bonds is 3. The van der Waals surface area contributed by atoms with Crippen LogP contribution in [0.5, 0.6) is 5.75 Å². The maximum atomic E-state index is 12.7. The fourth-order valence-corrected chi connectivity index (χ4v) is 4.38. The topological polar surface area (TPSA) is 61.9 Å². The van der Waals surface area contributed by atoms with E-state index in [-0.39, 0.29) is 6.10 Å². The lowest BCUT2D eigenvalue weighted by molar-refractivity contribution is 0.191. The zero-order valence-corrected chi connectivity index (χ0v) is 13.9. The molecule has 22 heavy (non-hydrogen) atoms. The lowest BCUT2D eigenvalue weighted by Gasteiger charge is -2.34. The first-order valence-electron chi connectivity index (χ1n) is 7.75. The molecule has 0 bridgehead atoms. The Kier molecular flexibility index (Phi) is 4.29. The molecule has 7 heteroatoms. The molecule has 3 rings (SSSR count). The largest absolute Gasteiger partial charge is 0.486 e. The van der Waals surface area contributed by atoms with Crippen LogP contribution in [0.2, 0.25) is 0 Å². The van der Waals surface area contributed by atoms with Gasteiger partial charge in [-0.1, -0.05) is 6.92 Å². The number of nitrogens with one attached hydrogen (secondary N) is 1. The fourth-order valence-electron chi connectivity index (χ4n) is 2.92. The van der Waals surface area contributed by atoms with Crippen molar-refractivity contribution in [1.82, 2.24) is 9.62 Å². The minimum Gasteiger partial charge on any atom is -0.486 e. The molecule has 1 atom stereocenters. The molecular formula is C15H23N3O3S. The predicted octanol–water partition coefficient (Wildman–Crippen LogP) is 0.888. The van der Waals surface area contributed by atoms with Crippen molar-refractivity contribution in [2.24, 2.45) is 0 Å². The van der Waals surface area contributed by atoms with Gasteiger partial charge in [0.05, 0.1) is 17.1 Å². The van der Waals surface area contributed by atoms with Crippen molar-refractivity contribution in [3.8, 4) is 5.75 Å². The Morgan fingerprint density at radius 2 is 2.05 bits per heavy atom. The second kappa shape index (κ2) is 6.06. The van der Waals surface area contributed by atoms with Gasteiger partial charge >= 0.3 is 0 Å². The third kappa shape index (κ3) is 2.80. The average Bonchev–Trinajstić information content (AvgIpc) is 2.55. The van der Waals surface area contributed by atoms with Crippen molar-refractivity contribution in [1.29, 1.82) is 0 Å². The number of nitrogens with zero attached hydrogens (tertiary/aromatic N) is 2. The molecule has 2 aliphatic heterocycles. The maximum absolute atomic E-state index is 12.7. The van der Waals surface area contributed by atoms with Gasteiger partial charge in [-0.25, -0.2) is 8.42 Å². The number of anilines is 1. The lowest BCUT2D eigenvalue weighted by atomic mass is 10.2. The van der Waals surface area contributed by atoms with Gasteiger partial charge in [-0.15, -0.1) is 0 Å². The normalized spacial score (nSPS) is 23.0. The van der Waals surface area contributed by atoms with E-state index in [1.54, 1.807) is 22.5 Å². The summed E-state index contributed by atoms with van der Waals surface area (Å²) in [7, 11) is -1.45.